The van der Waals surface area contributed by atoms with Crippen molar-refractivity contribution >= 4 is 34.2 Å². The van der Waals surface area contributed by atoms with Gasteiger partial charge >= 0.3 is 0 Å². The van der Waals surface area contributed by atoms with Gasteiger partial charge in [0.25, 0.3) is 0 Å². The van der Waals surface area contributed by atoms with Crippen LogP contribution < -0.4 is 5.32 Å². The molecule has 1 N–H and O–H groups in total. The van der Waals surface area contributed by atoms with Crippen LogP contribution in [0.1, 0.15) is 41.7 Å². The standard InChI is InChI=1S/C28H31N7OS/c1-5-24(27(36)29-17-21-12-10-18(2)11-13-21)37-28-30-23-9-7-6-8-22(23)26-31-25(33-35(26)28)14-15-34-20(4)16-19(3)32-34/h6-13,16,24H,5,14-15,17H2,1-4H3,(H,29,36)/t24-/m1/s1. The third kappa shape index (κ3) is 5.51. The zero-order valence-corrected chi connectivity index (χ0v) is 22.4. The third-order valence-electron chi connectivity index (χ3n) is 6.34. The minimum Gasteiger partial charge on any atom is -0.351 e. The van der Waals surface area contributed by atoms with Crippen molar-refractivity contribution in [2.75, 3.05) is 0 Å². The number of thioether (sulfide) groups is 1. The van der Waals surface area contributed by atoms with E-state index in [4.69, 9.17) is 15.1 Å². The molecule has 0 radical (unpaired) electrons. The van der Waals surface area contributed by atoms with E-state index in [0.717, 1.165) is 39.3 Å². The number of benzene rings is 2. The number of nitrogens with zero attached hydrogens (tertiary/aromatic N) is 6. The summed E-state index contributed by atoms with van der Waals surface area (Å²) < 4.78 is 3.78. The van der Waals surface area contributed by atoms with E-state index >= 15 is 0 Å². The van der Waals surface area contributed by atoms with Gasteiger partial charge in [-0.1, -0.05) is 60.6 Å². The molecule has 37 heavy (non-hydrogen) atoms. The van der Waals surface area contributed by atoms with Gasteiger partial charge in [0.15, 0.2) is 16.6 Å². The highest BCUT2D eigenvalue weighted by Gasteiger charge is 2.22. The molecule has 0 spiro atoms. The molecular formula is C28H31N7OS. The first kappa shape index (κ1) is 25.0. The highest BCUT2D eigenvalue weighted by molar-refractivity contribution is 8.00. The molecule has 0 aliphatic carbocycles. The Morgan fingerprint density at radius 3 is 2.54 bits per heavy atom. The van der Waals surface area contributed by atoms with Gasteiger partial charge < -0.3 is 5.32 Å². The Kier molecular flexibility index (Phi) is 7.23. The number of aromatic nitrogens is 6. The van der Waals surface area contributed by atoms with Crippen LogP contribution in [0.15, 0.2) is 59.8 Å². The molecule has 0 saturated heterocycles. The second kappa shape index (κ2) is 10.7. The first-order valence-corrected chi connectivity index (χ1v) is 13.4. The Hall–Kier alpha value is -3.72. The molecule has 0 unspecified atom stereocenters. The first-order valence-electron chi connectivity index (χ1n) is 12.6. The first-order chi connectivity index (χ1) is 17.9. The minimum atomic E-state index is -0.301. The molecule has 9 heteroatoms. The fourth-order valence-electron chi connectivity index (χ4n) is 4.32. The molecule has 5 aromatic rings. The molecule has 0 bridgehead atoms. The Bertz CT molecular complexity index is 1550. The molecule has 3 aromatic heterocycles. The number of fused-ring (bicyclic) bond motifs is 3. The van der Waals surface area contributed by atoms with Crippen LogP contribution >= 0.6 is 11.8 Å². The topological polar surface area (TPSA) is 90.0 Å². The molecule has 0 saturated carbocycles. The Labute approximate surface area is 220 Å². The van der Waals surface area contributed by atoms with Crippen LogP contribution in [0, 0.1) is 20.8 Å². The highest BCUT2D eigenvalue weighted by atomic mass is 32.2. The SMILES string of the molecule is CC[C@@H](Sc1nc2ccccc2c2nc(CCn3nc(C)cc3C)nn12)C(=O)NCc1ccc(C)cc1. The van der Waals surface area contributed by atoms with Gasteiger partial charge in [-0.2, -0.15) is 9.61 Å². The maximum atomic E-state index is 13.1. The number of para-hydroxylation sites is 1. The van der Waals surface area contributed by atoms with Gasteiger partial charge in [-0.25, -0.2) is 9.97 Å². The summed E-state index contributed by atoms with van der Waals surface area (Å²) in [5.41, 5.74) is 5.99. The van der Waals surface area contributed by atoms with Crippen LogP contribution in [0.4, 0.5) is 0 Å². The molecule has 0 fully saturated rings. The largest absolute Gasteiger partial charge is 0.351 e. The lowest BCUT2D eigenvalue weighted by molar-refractivity contribution is -0.120. The van der Waals surface area contributed by atoms with Crippen molar-refractivity contribution in [3.8, 4) is 0 Å². The fourth-order valence-corrected chi connectivity index (χ4v) is 5.31. The predicted molar refractivity (Wildman–Crippen MR) is 147 cm³/mol. The number of nitrogens with one attached hydrogen (secondary N) is 1. The summed E-state index contributed by atoms with van der Waals surface area (Å²) in [6.45, 7) is 9.31. The molecule has 1 amide bonds. The number of amides is 1. The minimum absolute atomic E-state index is 0.0129. The second-order valence-electron chi connectivity index (χ2n) is 9.29. The third-order valence-corrected chi connectivity index (χ3v) is 7.65. The van der Waals surface area contributed by atoms with E-state index in [2.05, 4.69) is 42.5 Å². The monoisotopic (exact) mass is 513 g/mol. The summed E-state index contributed by atoms with van der Waals surface area (Å²) in [6, 6.07) is 18.2. The fraction of sp³-hybridized carbons (Fsp3) is 0.321. The van der Waals surface area contributed by atoms with E-state index in [1.165, 1.54) is 17.3 Å². The molecule has 8 nitrogen and oxygen atoms in total. The van der Waals surface area contributed by atoms with Crippen LogP contribution in [-0.2, 0) is 24.3 Å². The maximum Gasteiger partial charge on any atom is 0.233 e. The number of hydrogen-bond donors (Lipinski definition) is 1. The van der Waals surface area contributed by atoms with E-state index in [0.29, 0.717) is 31.1 Å². The average molecular weight is 514 g/mol. The lowest BCUT2D eigenvalue weighted by Gasteiger charge is -2.15. The summed E-state index contributed by atoms with van der Waals surface area (Å²) >= 11 is 1.43. The van der Waals surface area contributed by atoms with Gasteiger partial charge in [-0.15, -0.1) is 5.10 Å². The molecule has 190 valence electrons. The number of hydrogen-bond acceptors (Lipinski definition) is 6. The Morgan fingerprint density at radius 2 is 1.81 bits per heavy atom. The summed E-state index contributed by atoms with van der Waals surface area (Å²) in [5, 5.41) is 13.7. The molecule has 1 atom stereocenters. The van der Waals surface area contributed by atoms with Gasteiger partial charge in [0.2, 0.25) is 5.91 Å². The molecule has 2 aromatic carbocycles. The Balaban J connectivity index is 1.40. The Morgan fingerprint density at radius 1 is 1.03 bits per heavy atom. The van der Waals surface area contributed by atoms with Crippen LogP contribution in [0.5, 0.6) is 0 Å². The van der Waals surface area contributed by atoms with Crippen molar-refractivity contribution in [1.82, 2.24) is 34.7 Å². The van der Waals surface area contributed by atoms with Crippen LogP contribution in [0.2, 0.25) is 0 Å². The van der Waals surface area contributed by atoms with Gasteiger partial charge in [-0.05, 0) is 51.0 Å². The zero-order valence-electron chi connectivity index (χ0n) is 21.6. The van der Waals surface area contributed by atoms with E-state index < -0.39 is 0 Å². The predicted octanol–water partition coefficient (Wildman–Crippen LogP) is 4.83. The number of carbonyl (C=O) groups excluding carboxylic acids is 1. The van der Waals surface area contributed by atoms with Gasteiger partial charge in [-0.3, -0.25) is 9.48 Å². The van der Waals surface area contributed by atoms with Crippen molar-refractivity contribution < 1.29 is 4.79 Å². The lowest BCUT2D eigenvalue weighted by atomic mass is 10.1. The van der Waals surface area contributed by atoms with Gasteiger partial charge in [0, 0.05) is 30.6 Å². The van der Waals surface area contributed by atoms with E-state index in [1.807, 2.05) is 54.9 Å². The second-order valence-corrected chi connectivity index (χ2v) is 10.5. The molecule has 0 aliphatic heterocycles. The number of rotatable bonds is 9. The molecule has 5 rings (SSSR count). The average Bonchev–Trinajstić information content (AvgIpc) is 3.47. The zero-order chi connectivity index (χ0) is 25.9. The van der Waals surface area contributed by atoms with Gasteiger partial charge in [0.1, 0.15) is 0 Å². The van der Waals surface area contributed by atoms with Crippen LogP contribution in [0.25, 0.3) is 16.6 Å². The van der Waals surface area contributed by atoms with Gasteiger partial charge in [0.05, 0.1) is 16.5 Å². The smallest absolute Gasteiger partial charge is 0.233 e. The lowest BCUT2D eigenvalue weighted by Crippen LogP contribution is -2.32. The van der Waals surface area contributed by atoms with E-state index in [-0.39, 0.29) is 11.2 Å². The number of aryl methyl sites for hydroxylation is 5. The number of carbonyl (C=O) groups is 1. The van der Waals surface area contributed by atoms with Crippen molar-refractivity contribution in [3.05, 3.63) is 82.9 Å². The summed E-state index contributed by atoms with van der Waals surface area (Å²) in [5.74, 6) is 0.713. The van der Waals surface area contributed by atoms with Crippen molar-refractivity contribution in [1.29, 1.82) is 0 Å². The maximum absolute atomic E-state index is 13.1. The quantitative estimate of drug-likeness (QED) is 0.224. The van der Waals surface area contributed by atoms with Crippen LogP contribution in [0.3, 0.4) is 0 Å². The van der Waals surface area contributed by atoms with Crippen molar-refractivity contribution in [2.45, 2.75) is 64.0 Å². The van der Waals surface area contributed by atoms with Crippen molar-refractivity contribution in [3.63, 3.8) is 0 Å². The molecule has 0 aliphatic rings. The van der Waals surface area contributed by atoms with E-state index in [9.17, 15) is 4.79 Å². The molecular weight excluding hydrogens is 482 g/mol. The van der Waals surface area contributed by atoms with Crippen molar-refractivity contribution in [2.24, 2.45) is 0 Å². The summed E-state index contributed by atoms with van der Waals surface area (Å²) in [7, 11) is 0. The molecule has 3 heterocycles. The normalized spacial score (nSPS) is 12.3. The van der Waals surface area contributed by atoms with Crippen LogP contribution in [-0.4, -0.2) is 40.5 Å². The highest BCUT2D eigenvalue weighted by Crippen LogP contribution is 2.28. The summed E-state index contributed by atoms with van der Waals surface area (Å²) in [4.78, 5) is 22.8. The van der Waals surface area contributed by atoms with E-state index in [1.54, 1.807) is 4.52 Å². The summed E-state index contributed by atoms with van der Waals surface area (Å²) in [6.07, 6.45) is 1.32.